The molecule has 1 saturated carbocycles. The van der Waals surface area contributed by atoms with Crippen LogP contribution in [0.1, 0.15) is 12.8 Å². The van der Waals surface area contributed by atoms with Crippen LogP contribution in [0.4, 0.5) is 0 Å². The van der Waals surface area contributed by atoms with Gasteiger partial charge in [0.2, 0.25) is 0 Å². The normalized spacial score (nSPS) is 14.7. The summed E-state index contributed by atoms with van der Waals surface area (Å²) in [5.74, 6) is 0.680. The third-order valence-electron chi connectivity index (χ3n) is 4.84. The number of hydrogen-bond acceptors (Lipinski definition) is 5. The first kappa shape index (κ1) is 16.3. The average Bonchev–Trinajstić information content (AvgIpc) is 3.31. The standard InChI is InChI=1S/C20H17N3O3S/c1-23-12-14(11-22-23)19-10-18-20(26-19)17(7-8-21-18)13-3-2-4-16(9-13)27(24,25)15-5-6-15/h2-4,7-12,15H,5-6H2,1H3. The number of furan rings is 1. The van der Waals surface area contributed by atoms with Crippen molar-refractivity contribution in [3.8, 4) is 22.5 Å². The smallest absolute Gasteiger partial charge is 0.181 e. The number of hydrogen-bond donors (Lipinski definition) is 0. The van der Waals surface area contributed by atoms with Gasteiger partial charge >= 0.3 is 0 Å². The number of aryl methyl sites for hydroxylation is 1. The lowest BCUT2D eigenvalue weighted by Gasteiger charge is -2.06. The molecule has 1 aliphatic carbocycles. The van der Waals surface area contributed by atoms with Crippen LogP contribution in [0.25, 0.3) is 33.6 Å². The minimum Gasteiger partial charge on any atom is -0.454 e. The maximum Gasteiger partial charge on any atom is 0.181 e. The van der Waals surface area contributed by atoms with Gasteiger partial charge in [0, 0.05) is 31.1 Å². The Labute approximate surface area is 156 Å². The molecule has 136 valence electrons. The fourth-order valence-electron chi connectivity index (χ4n) is 3.27. The molecule has 0 saturated heterocycles. The van der Waals surface area contributed by atoms with Crippen LogP contribution in [0.2, 0.25) is 0 Å². The van der Waals surface area contributed by atoms with Gasteiger partial charge in [0.05, 0.1) is 21.9 Å². The number of benzene rings is 1. The summed E-state index contributed by atoms with van der Waals surface area (Å²) in [5.41, 5.74) is 3.85. The minimum atomic E-state index is -3.24. The Morgan fingerprint density at radius 3 is 2.74 bits per heavy atom. The summed E-state index contributed by atoms with van der Waals surface area (Å²) in [5, 5.41) is 3.94. The lowest BCUT2D eigenvalue weighted by molar-refractivity contribution is 0.595. The summed E-state index contributed by atoms with van der Waals surface area (Å²) in [6.45, 7) is 0. The Kier molecular flexibility index (Phi) is 3.48. The van der Waals surface area contributed by atoms with Crippen molar-refractivity contribution in [2.75, 3.05) is 0 Å². The molecule has 0 aliphatic heterocycles. The van der Waals surface area contributed by atoms with Crippen LogP contribution in [-0.2, 0) is 16.9 Å². The first-order chi connectivity index (χ1) is 13.0. The highest BCUT2D eigenvalue weighted by Crippen LogP contribution is 2.37. The number of rotatable bonds is 4. The van der Waals surface area contributed by atoms with Gasteiger partial charge in [-0.1, -0.05) is 12.1 Å². The largest absolute Gasteiger partial charge is 0.454 e. The summed E-state index contributed by atoms with van der Waals surface area (Å²) >= 11 is 0. The van der Waals surface area contributed by atoms with Crippen molar-refractivity contribution in [3.63, 3.8) is 0 Å². The van der Waals surface area contributed by atoms with Crippen molar-refractivity contribution in [1.82, 2.24) is 14.8 Å². The molecule has 27 heavy (non-hydrogen) atoms. The zero-order valence-corrected chi connectivity index (χ0v) is 15.5. The molecule has 5 rings (SSSR count). The zero-order chi connectivity index (χ0) is 18.6. The van der Waals surface area contributed by atoms with Crippen molar-refractivity contribution in [1.29, 1.82) is 0 Å². The third kappa shape index (κ3) is 2.75. The van der Waals surface area contributed by atoms with Gasteiger partial charge in [0.1, 0.15) is 11.3 Å². The van der Waals surface area contributed by atoms with Gasteiger partial charge in [0.25, 0.3) is 0 Å². The molecule has 0 bridgehead atoms. The fourth-order valence-corrected chi connectivity index (χ4v) is 4.97. The molecule has 6 nitrogen and oxygen atoms in total. The maximum atomic E-state index is 12.6. The van der Waals surface area contributed by atoms with Crippen LogP contribution in [0, 0.1) is 0 Å². The molecule has 4 aromatic rings. The van der Waals surface area contributed by atoms with Gasteiger partial charge in [0.15, 0.2) is 15.4 Å². The van der Waals surface area contributed by atoms with E-state index in [1.165, 1.54) is 0 Å². The first-order valence-corrected chi connectivity index (χ1v) is 10.3. The molecule has 0 atom stereocenters. The van der Waals surface area contributed by atoms with Gasteiger partial charge < -0.3 is 4.42 Å². The molecule has 1 fully saturated rings. The van der Waals surface area contributed by atoms with E-state index in [2.05, 4.69) is 10.1 Å². The molecular weight excluding hydrogens is 362 g/mol. The number of pyridine rings is 1. The SMILES string of the molecule is Cn1cc(-c2cc3nccc(-c4cccc(S(=O)(=O)C5CC5)c4)c3o2)cn1. The molecule has 0 radical (unpaired) electrons. The van der Waals surface area contributed by atoms with Gasteiger partial charge in [-0.3, -0.25) is 9.67 Å². The van der Waals surface area contributed by atoms with E-state index in [-0.39, 0.29) is 5.25 Å². The Morgan fingerprint density at radius 1 is 1.15 bits per heavy atom. The van der Waals surface area contributed by atoms with Crippen LogP contribution < -0.4 is 0 Å². The minimum absolute atomic E-state index is 0.231. The highest BCUT2D eigenvalue weighted by Gasteiger charge is 2.36. The fraction of sp³-hybridized carbons (Fsp3) is 0.200. The van der Waals surface area contributed by atoms with E-state index < -0.39 is 9.84 Å². The van der Waals surface area contributed by atoms with E-state index in [0.717, 1.165) is 35.0 Å². The molecule has 3 aromatic heterocycles. The lowest BCUT2D eigenvalue weighted by atomic mass is 10.1. The predicted octanol–water partition coefficient (Wildman–Crippen LogP) is 3.83. The molecule has 0 spiro atoms. The summed E-state index contributed by atoms with van der Waals surface area (Å²) in [4.78, 5) is 4.76. The Morgan fingerprint density at radius 2 is 2.00 bits per heavy atom. The molecular formula is C20H17N3O3S. The third-order valence-corrected chi connectivity index (χ3v) is 7.10. The molecule has 0 unspecified atom stereocenters. The summed E-state index contributed by atoms with van der Waals surface area (Å²) < 4.78 is 33.0. The number of sulfone groups is 1. The Hall–Kier alpha value is -2.93. The molecule has 7 heteroatoms. The van der Waals surface area contributed by atoms with Crippen molar-refractivity contribution in [2.45, 2.75) is 23.0 Å². The topological polar surface area (TPSA) is 78.0 Å². The summed E-state index contributed by atoms with van der Waals surface area (Å²) in [6.07, 6.45) is 6.82. The second-order valence-electron chi connectivity index (χ2n) is 6.86. The maximum absolute atomic E-state index is 12.6. The zero-order valence-electron chi connectivity index (χ0n) is 14.7. The number of fused-ring (bicyclic) bond motifs is 1. The number of aromatic nitrogens is 3. The Bertz CT molecular complexity index is 1270. The average molecular weight is 379 g/mol. The van der Waals surface area contributed by atoms with Gasteiger partial charge in [-0.25, -0.2) is 8.42 Å². The second-order valence-corrected chi connectivity index (χ2v) is 9.09. The van der Waals surface area contributed by atoms with Crippen LogP contribution in [0.5, 0.6) is 0 Å². The molecule has 0 N–H and O–H groups in total. The monoisotopic (exact) mass is 379 g/mol. The number of nitrogens with zero attached hydrogens (tertiary/aromatic N) is 3. The van der Waals surface area contributed by atoms with Crippen molar-refractivity contribution < 1.29 is 12.8 Å². The summed E-state index contributed by atoms with van der Waals surface area (Å²) in [7, 11) is -1.39. The van der Waals surface area contributed by atoms with E-state index in [4.69, 9.17) is 4.42 Å². The van der Waals surface area contributed by atoms with Crippen LogP contribution in [0.15, 0.2) is 64.3 Å². The van der Waals surface area contributed by atoms with Gasteiger partial charge in [-0.15, -0.1) is 0 Å². The highest BCUT2D eigenvalue weighted by atomic mass is 32.2. The van der Waals surface area contributed by atoms with Crippen molar-refractivity contribution in [2.24, 2.45) is 7.05 Å². The van der Waals surface area contributed by atoms with Gasteiger partial charge in [-0.05, 0) is 36.6 Å². The van der Waals surface area contributed by atoms with E-state index in [9.17, 15) is 8.42 Å². The molecule has 1 aromatic carbocycles. The van der Waals surface area contributed by atoms with Crippen molar-refractivity contribution in [3.05, 3.63) is 55.0 Å². The quantitative estimate of drug-likeness (QED) is 0.538. The van der Waals surface area contributed by atoms with E-state index in [0.29, 0.717) is 16.2 Å². The molecule has 1 aliphatic rings. The molecule has 0 amide bonds. The van der Waals surface area contributed by atoms with E-state index >= 15 is 0 Å². The van der Waals surface area contributed by atoms with E-state index in [1.807, 2.05) is 31.4 Å². The second kappa shape index (κ2) is 5.79. The van der Waals surface area contributed by atoms with Gasteiger partial charge in [-0.2, -0.15) is 5.10 Å². The molecule has 3 heterocycles. The van der Waals surface area contributed by atoms with Crippen LogP contribution in [0.3, 0.4) is 0 Å². The van der Waals surface area contributed by atoms with Crippen LogP contribution >= 0.6 is 0 Å². The predicted molar refractivity (Wildman–Crippen MR) is 102 cm³/mol. The van der Waals surface area contributed by atoms with Crippen molar-refractivity contribution >= 4 is 20.9 Å². The van der Waals surface area contributed by atoms with E-state index in [1.54, 1.807) is 35.3 Å². The first-order valence-electron chi connectivity index (χ1n) is 8.74. The summed E-state index contributed by atoms with van der Waals surface area (Å²) in [6, 6.07) is 10.8. The Balaban J connectivity index is 1.64. The van der Waals surface area contributed by atoms with Crippen LogP contribution in [-0.4, -0.2) is 28.4 Å². The highest BCUT2D eigenvalue weighted by molar-refractivity contribution is 7.92. The lowest BCUT2D eigenvalue weighted by Crippen LogP contribution is -2.06.